The average molecular weight is 275 g/mol. The molecule has 0 saturated heterocycles. The molecule has 0 saturated carbocycles. The van der Waals surface area contributed by atoms with E-state index in [0.29, 0.717) is 23.0 Å². The average Bonchev–Trinajstić information content (AvgIpc) is 2.80. The second-order valence-electron chi connectivity index (χ2n) is 4.16. The van der Waals surface area contributed by atoms with Crippen LogP contribution in [0.1, 0.15) is 5.56 Å². The van der Waals surface area contributed by atoms with Crippen molar-refractivity contribution < 1.29 is 14.3 Å². The van der Waals surface area contributed by atoms with Crippen LogP contribution in [-0.4, -0.2) is 5.11 Å². The van der Waals surface area contributed by atoms with Crippen LogP contribution in [0.25, 0.3) is 11.0 Å². The van der Waals surface area contributed by atoms with Gasteiger partial charge in [-0.2, -0.15) is 0 Å². The lowest BCUT2D eigenvalue weighted by Gasteiger charge is -2.06. The van der Waals surface area contributed by atoms with E-state index in [4.69, 9.17) is 20.8 Å². The molecular weight excluding hydrogens is 264 g/mol. The molecule has 1 heterocycles. The molecule has 0 aliphatic rings. The number of phenolic OH excluding ortho intramolecular Hbond substituents is 1. The van der Waals surface area contributed by atoms with Crippen molar-refractivity contribution in [2.45, 2.75) is 6.61 Å². The van der Waals surface area contributed by atoms with Crippen molar-refractivity contribution in [1.82, 2.24) is 0 Å². The summed E-state index contributed by atoms with van der Waals surface area (Å²) in [6, 6.07) is 12.3. The van der Waals surface area contributed by atoms with Crippen molar-refractivity contribution in [1.29, 1.82) is 0 Å². The Hall–Kier alpha value is -2.13. The molecule has 0 atom stereocenters. The van der Waals surface area contributed by atoms with Crippen LogP contribution in [0, 0.1) is 0 Å². The molecule has 1 aromatic heterocycles. The van der Waals surface area contributed by atoms with Crippen molar-refractivity contribution in [2.24, 2.45) is 0 Å². The van der Waals surface area contributed by atoms with Gasteiger partial charge in [0.2, 0.25) is 0 Å². The van der Waals surface area contributed by atoms with E-state index in [2.05, 4.69) is 0 Å². The molecule has 0 unspecified atom stereocenters. The van der Waals surface area contributed by atoms with Crippen LogP contribution in [0.15, 0.2) is 53.1 Å². The molecule has 0 bridgehead atoms. The van der Waals surface area contributed by atoms with Crippen LogP contribution in [0.5, 0.6) is 11.5 Å². The van der Waals surface area contributed by atoms with Crippen LogP contribution in [0.3, 0.4) is 0 Å². The quantitative estimate of drug-likeness (QED) is 0.771. The summed E-state index contributed by atoms with van der Waals surface area (Å²) in [5.74, 6) is 0.817. The number of furan rings is 1. The predicted octanol–water partition coefficient (Wildman–Crippen LogP) is 4.37. The Morgan fingerprint density at radius 1 is 1.16 bits per heavy atom. The van der Waals surface area contributed by atoms with Crippen LogP contribution in [0.2, 0.25) is 5.02 Å². The Morgan fingerprint density at radius 3 is 2.84 bits per heavy atom. The third-order valence-corrected chi connectivity index (χ3v) is 3.17. The number of benzene rings is 2. The summed E-state index contributed by atoms with van der Waals surface area (Å²) in [6.07, 6.45) is 1.63. The normalized spacial score (nSPS) is 10.8. The van der Waals surface area contributed by atoms with Gasteiger partial charge in [0.05, 0.1) is 11.3 Å². The van der Waals surface area contributed by atoms with E-state index in [1.165, 1.54) is 0 Å². The zero-order chi connectivity index (χ0) is 13.2. The summed E-state index contributed by atoms with van der Waals surface area (Å²) in [6.45, 7) is 0.363. The molecule has 19 heavy (non-hydrogen) atoms. The van der Waals surface area contributed by atoms with Gasteiger partial charge in [-0.1, -0.05) is 23.7 Å². The van der Waals surface area contributed by atoms with Gasteiger partial charge in [-0.25, -0.2) is 0 Å². The Kier molecular flexibility index (Phi) is 3.05. The lowest BCUT2D eigenvalue weighted by molar-refractivity contribution is 0.306. The number of aromatic hydroxyl groups is 1. The molecular formula is C15H11ClO3. The molecule has 4 heteroatoms. The lowest BCUT2D eigenvalue weighted by atomic mass is 10.2. The topological polar surface area (TPSA) is 42.6 Å². The fraction of sp³-hybridized carbons (Fsp3) is 0.0667. The molecule has 2 aromatic carbocycles. The standard InChI is InChI=1S/C15H11ClO3/c16-13-3-1-2-4-14(13)18-8-10-9-19-15-7-11(17)5-6-12(10)15/h1-7,9,17H,8H2. The zero-order valence-electron chi connectivity index (χ0n) is 9.97. The summed E-state index contributed by atoms with van der Waals surface area (Å²) in [5, 5.41) is 10.9. The van der Waals surface area contributed by atoms with E-state index in [-0.39, 0.29) is 5.75 Å². The number of phenols is 1. The smallest absolute Gasteiger partial charge is 0.138 e. The van der Waals surface area contributed by atoms with Crippen molar-refractivity contribution in [3.8, 4) is 11.5 Å². The SMILES string of the molecule is Oc1ccc2c(COc3ccccc3Cl)coc2c1. The summed E-state index contributed by atoms with van der Waals surface area (Å²) in [4.78, 5) is 0. The van der Waals surface area contributed by atoms with Crippen molar-refractivity contribution >= 4 is 22.6 Å². The second-order valence-corrected chi connectivity index (χ2v) is 4.57. The Bertz CT molecular complexity index is 718. The zero-order valence-corrected chi connectivity index (χ0v) is 10.7. The van der Waals surface area contributed by atoms with Gasteiger partial charge >= 0.3 is 0 Å². The highest BCUT2D eigenvalue weighted by Crippen LogP contribution is 2.28. The number of hydrogen-bond acceptors (Lipinski definition) is 3. The van der Waals surface area contributed by atoms with Gasteiger partial charge in [-0.3, -0.25) is 0 Å². The minimum Gasteiger partial charge on any atom is -0.508 e. The van der Waals surface area contributed by atoms with E-state index in [1.807, 2.05) is 18.2 Å². The van der Waals surface area contributed by atoms with E-state index >= 15 is 0 Å². The van der Waals surface area contributed by atoms with Crippen LogP contribution in [0.4, 0.5) is 0 Å². The van der Waals surface area contributed by atoms with Gasteiger partial charge < -0.3 is 14.3 Å². The molecule has 0 radical (unpaired) electrons. The summed E-state index contributed by atoms with van der Waals surface area (Å²) < 4.78 is 11.0. The number of para-hydroxylation sites is 1. The minimum atomic E-state index is 0.181. The van der Waals surface area contributed by atoms with Gasteiger partial charge in [0.15, 0.2) is 0 Å². The van der Waals surface area contributed by atoms with Crippen molar-refractivity contribution in [2.75, 3.05) is 0 Å². The number of halogens is 1. The molecule has 0 amide bonds. The number of rotatable bonds is 3. The molecule has 3 rings (SSSR count). The van der Waals surface area contributed by atoms with Crippen LogP contribution < -0.4 is 4.74 Å². The first kappa shape index (κ1) is 11.9. The summed E-state index contributed by atoms with van der Waals surface area (Å²) >= 11 is 6.02. The molecule has 96 valence electrons. The lowest BCUT2D eigenvalue weighted by Crippen LogP contribution is -1.94. The number of fused-ring (bicyclic) bond motifs is 1. The first-order valence-corrected chi connectivity index (χ1v) is 6.18. The van der Waals surface area contributed by atoms with E-state index in [0.717, 1.165) is 10.9 Å². The number of ether oxygens (including phenoxy) is 1. The highest BCUT2D eigenvalue weighted by atomic mass is 35.5. The third kappa shape index (κ3) is 2.37. The Balaban J connectivity index is 1.84. The fourth-order valence-corrected chi connectivity index (χ4v) is 2.09. The number of hydrogen-bond donors (Lipinski definition) is 1. The highest BCUT2D eigenvalue weighted by molar-refractivity contribution is 6.32. The van der Waals surface area contributed by atoms with Crippen molar-refractivity contribution in [3.05, 3.63) is 59.3 Å². The highest BCUT2D eigenvalue weighted by Gasteiger charge is 2.08. The third-order valence-electron chi connectivity index (χ3n) is 2.86. The maximum absolute atomic E-state index is 9.38. The molecule has 0 spiro atoms. The molecule has 1 N–H and O–H groups in total. The fourth-order valence-electron chi connectivity index (χ4n) is 1.90. The maximum Gasteiger partial charge on any atom is 0.138 e. The first-order valence-electron chi connectivity index (χ1n) is 5.80. The Labute approximate surface area is 115 Å². The largest absolute Gasteiger partial charge is 0.508 e. The van der Waals surface area contributed by atoms with Gasteiger partial charge in [0.1, 0.15) is 23.7 Å². The molecule has 0 aliphatic heterocycles. The molecule has 3 nitrogen and oxygen atoms in total. The monoisotopic (exact) mass is 274 g/mol. The van der Waals surface area contributed by atoms with E-state index < -0.39 is 0 Å². The van der Waals surface area contributed by atoms with Gasteiger partial charge in [0, 0.05) is 17.0 Å². The first-order chi connectivity index (χ1) is 9.24. The van der Waals surface area contributed by atoms with E-state index in [9.17, 15) is 5.11 Å². The van der Waals surface area contributed by atoms with Gasteiger partial charge in [-0.15, -0.1) is 0 Å². The van der Waals surface area contributed by atoms with Crippen LogP contribution >= 0.6 is 11.6 Å². The van der Waals surface area contributed by atoms with Gasteiger partial charge in [-0.05, 0) is 24.3 Å². The minimum absolute atomic E-state index is 0.181. The second kappa shape index (κ2) is 4.86. The molecule has 0 aliphatic carbocycles. The van der Waals surface area contributed by atoms with Crippen molar-refractivity contribution in [3.63, 3.8) is 0 Å². The predicted molar refractivity (Wildman–Crippen MR) is 73.7 cm³/mol. The van der Waals surface area contributed by atoms with Gasteiger partial charge in [0.25, 0.3) is 0 Å². The van der Waals surface area contributed by atoms with E-state index in [1.54, 1.807) is 30.5 Å². The van der Waals surface area contributed by atoms with Crippen LogP contribution in [-0.2, 0) is 6.61 Å². The summed E-state index contributed by atoms with van der Waals surface area (Å²) in [7, 11) is 0. The summed E-state index contributed by atoms with van der Waals surface area (Å²) in [5.41, 5.74) is 1.55. The maximum atomic E-state index is 9.38. The molecule has 3 aromatic rings. The Morgan fingerprint density at radius 2 is 2.00 bits per heavy atom. The molecule has 0 fully saturated rings.